The second-order valence-corrected chi connectivity index (χ2v) is 6.73. The summed E-state index contributed by atoms with van der Waals surface area (Å²) >= 11 is 7.41. The lowest BCUT2D eigenvalue weighted by atomic mass is 10.1. The normalized spacial score (nSPS) is 11.6. The molecule has 1 heterocycles. The van der Waals surface area contributed by atoms with E-state index in [1.54, 1.807) is 36.6 Å². The van der Waals surface area contributed by atoms with Gasteiger partial charge in [0.05, 0.1) is 17.3 Å². The smallest absolute Gasteiger partial charge is 0.306 e. The summed E-state index contributed by atoms with van der Waals surface area (Å²) < 4.78 is 4.91. The molecule has 2 rings (SSSR count). The lowest BCUT2D eigenvalue weighted by molar-refractivity contribution is -0.148. The predicted octanol–water partition coefficient (Wildman–Crippen LogP) is 3.79. The fraction of sp³-hybridized carbons (Fsp3) is 0.278. The van der Waals surface area contributed by atoms with E-state index in [-0.39, 0.29) is 31.3 Å². The first-order valence-electron chi connectivity index (χ1n) is 7.73. The molecular weight excluding hydrogens is 362 g/mol. The van der Waals surface area contributed by atoms with Crippen molar-refractivity contribution in [2.45, 2.75) is 25.8 Å². The molecule has 0 radical (unpaired) electrons. The molecule has 0 saturated carbocycles. The molecule has 7 heteroatoms. The van der Waals surface area contributed by atoms with Gasteiger partial charge in [-0.05, 0) is 30.0 Å². The highest BCUT2D eigenvalue weighted by atomic mass is 35.5. The lowest BCUT2D eigenvalue weighted by Crippen LogP contribution is -2.31. The van der Waals surface area contributed by atoms with Gasteiger partial charge in [0.25, 0.3) is 5.91 Å². The number of Topliss-reactive ketones (excluding diaryl/α,β-unsaturated/α-hetero) is 1. The minimum atomic E-state index is -0.578. The molecule has 5 nitrogen and oxygen atoms in total. The van der Waals surface area contributed by atoms with E-state index in [2.05, 4.69) is 5.32 Å². The van der Waals surface area contributed by atoms with Gasteiger partial charge in [0.15, 0.2) is 12.4 Å². The van der Waals surface area contributed by atoms with Crippen LogP contribution in [-0.2, 0) is 14.3 Å². The Morgan fingerprint density at radius 1 is 1.16 bits per heavy atom. The van der Waals surface area contributed by atoms with Gasteiger partial charge in [-0.2, -0.15) is 0 Å². The van der Waals surface area contributed by atoms with Crippen molar-refractivity contribution in [3.8, 4) is 0 Å². The molecule has 0 fully saturated rings. The Kier molecular flexibility index (Phi) is 7.16. The predicted molar refractivity (Wildman–Crippen MR) is 96.9 cm³/mol. The third-order valence-electron chi connectivity index (χ3n) is 3.47. The zero-order valence-corrected chi connectivity index (χ0v) is 15.2. The van der Waals surface area contributed by atoms with E-state index >= 15 is 0 Å². The van der Waals surface area contributed by atoms with Crippen LogP contribution in [0.2, 0.25) is 5.02 Å². The van der Waals surface area contributed by atoms with Crippen LogP contribution in [0, 0.1) is 0 Å². The lowest BCUT2D eigenvalue weighted by Gasteiger charge is -2.15. The number of rotatable bonds is 8. The second-order valence-electron chi connectivity index (χ2n) is 5.37. The minimum absolute atomic E-state index is 0.0515. The number of nitrogens with one attached hydrogen (secondary N) is 1. The van der Waals surface area contributed by atoms with Gasteiger partial charge >= 0.3 is 5.97 Å². The number of carbonyl (C=O) groups is 3. The highest BCUT2D eigenvalue weighted by Crippen LogP contribution is 2.21. The maximum Gasteiger partial charge on any atom is 0.306 e. The Balaban J connectivity index is 1.71. The van der Waals surface area contributed by atoms with Gasteiger partial charge in [0.2, 0.25) is 0 Å². The topological polar surface area (TPSA) is 72.5 Å². The molecule has 1 aromatic carbocycles. The van der Waals surface area contributed by atoms with E-state index in [9.17, 15) is 14.4 Å². The average Bonchev–Trinajstić information content (AvgIpc) is 3.12. The molecule has 1 amide bonds. The minimum Gasteiger partial charge on any atom is -0.456 e. The van der Waals surface area contributed by atoms with E-state index < -0.39 is 11.9 Å². The number of ketones is 1. The summed E-state index contributed by atoms with van der Waals surface area (Å²) in [5.74, 6) is -1.11. The van der Waals surface area contributed by atoms with Crippen LogP contribution in [0.15, 0.2) is 41.8 Å². The molecule has 1 N–H and O–H groups in total. The molecule has 0 aliphatic carbocycles. The first-order chi connectivity index (χ1) is 12.0. The number of benzene rings is 1. The molecule has 25 heavy (non-hydrogen) atoms. The molecular formula is C18H18ClNO4S. The molecule has 1 atom stereocenters. The number of carbonyl (C=O) groups excluding carboxylic acids is 3. The van der Waals surface area contributed by atoms with Crippen molar-refractivity contribution in [2.75, 3.05) is 6.61 Å². The van der Waals surface area contributed by atoms with Crippen LogP contribution < -0.4 is 5.32 Å². The monoisotopic (exact) mass is 379 g/mol. The number of halogens is 1. The van der Waals surface area contributed by atoms with Crippen LogP contribution in [0.4, 0.5) is 0 Å². The van der Waals surface area contributed by atoms with Crippen LogP contribution in [0.3, 0.4) is 0 Å². The summed E-state index contributed by atoms with van der Waals surface area (Å²) in [4.78, 5) is 35.9. The van der Waals surface area contributed by atoms with Gasteiger partial charge in [-0.25, -0.2) is 0 Å². The number of hydrogen-bond acceptors (Lipinski definition) is 5. The zero-order valence-electron chi connectivity index (χ0n) is 13.7. The highest BCUT2D eigenvalue weighted by molar-refractivity contribution is 7.12. The first kappa shape index (κ1) is 19.1. The van der Waals surface area contributed by atoms with Crippen molar-refractivity contribution in [2.24, 2.45) is 0 Å². The summed E-state index contributed by atoms with van der Waals surface area (Å²) in [6, 6.07) is 10.4. The Labute approximate surface area is 154 Å². The quantitative estimate of drug-likeness (QED) is 0.559. The van der Waals surface area contributed by atoms with Crippen molar-refractivity contribution in [3.63, 3.8) is 0 Å². The molecule has 0 bridgehead atoms. The Hall–Kier alpha value is -2.18. The van der Waals surface area contributed by atoms with Gasteiger partial charge in [-0.1, -0.05) is 35.9 Å². The zero-order chi connectivity index (χ0) is 18.2. The van der Waals surface area contributed by atoms with Gasteiger partial charge < -0.3 is 10.1 Å². The molecule has 0 aliphatic heterocycles. The van der Waals surface area contributed by atoms with E-state index in [1.807, 2.05) is 12.1 Å². The first-order valence-corrected chi connectivity index (χ1v) is 8.99. The summed E-state index contributed by atoms with van der Waals surface area (Å²) in [7, 11) is 0. The third-order valence-corrected chi connectivity index (χ3v) is 4.72. The fourth-order valence-electron chi connectivity index (χ4n) is 2.18. The molecule has 0 unspecified atom stereocenters. The number of esters is 1. The summed E-state index contributed by atoms with van der Waals surface area (Å²) in [6.45, 7) is 1.40. The van der Waals surface area contributed by atoms with E-state index in [0.29, 0.717) is 9.90 Å². The van der Waals surface area contributed by atoms with E-state index in [1.165, 1.54) is 11.3 Å². The van der Waals surface area contributed by atoms with Crippen LogP contribution in [-0.4, -0.2) is 24.3 Å². The van der Waals surface area contributed by atoms with Crippen LogP contribution in [0.25, 0.3) is 0 Å². The SMILES string of the molecule is C[C@H](NC(=O)COC(=O)CCC(=O)c1cccs1)c1ccccc1Cl. The molecule has 1 aromatic heterocycles. The van der Waals surface area contributed by atoms with Crippen molar-refractivity contribution in [1.29, 1.82) is 0 Å². The summed E-state index contributed by atoms with van der Waals surface area (Å²) in [5, 5.41) is 5.07. The Morgan fingerprint density at radius 2 is 1.92 bits per heavy atom. The van der Waals surface area contributed by atoms with Crippen LogP contribution in [0.5, 0.6) is 0 Å². The van der Waals surface area contributed by atoms with Crippen LogP contribution in [0.1, 0.15) is 41.0 Å². The largest absolute Gasteiger partial charge is 0.456 e. The van der Waals surface area contributed by atoms with Crippen molar-refractivity contribution < 1.29 is 19.1 Å². The van der Waals surface area contributed by atoms with E-state index in [0.717, 1.165) is 5.56 Å². The Bertz CT molecular complexity index is 745. The number of thiophene rings is 1. The van der Waals surface area contributed by atoms with Gasteiger partial charge in [-0.15, -0.1) is 11.3 Å². The maximum atomic E-state index is 11.9. The highest BCUT2D eigenvalue weighted by Gasteiger charge is 2.15. The van der Waals surface area contributed by atoms with Crippen molar-refractivity contribution >= 4 is 40.6 Å². The fourth-order valence-corrected chi connectivity index (χ4v) is 3.18. The van der Waals surface area contributed by atoms with Gasteiger partial charge in [0.1, 0.15) is 0 Å². The standard InChI is InChI=1S/C18H18ClNO4S/c1-12(13-5-2-3-6-14(13)19)20-17(22)11-24-18(23)9-8-15(21)16-7-4-10-25-16/h2-7,10,12H,8-9,11H2,1H3,(H,20,22)/t12-/m0/s1. The molecule has 132 valence electrons. The second kappa shape index (κ2) is 9.34. The third kappa shape index (κ3) is 5.99. The van der Waals surface area contributed by atoms with Crippen molar-refractivity contribution in [1.82, 2.24) is 5.32 Å². The molecule has 0 spiro atoms. The number of ether oxygens (including phenoxy) is 1. The van der Waals surface area contributed by atoms with Crippen molar-refractivity contribution in [3.05, 3.63) is 57.2 Å². The van der Waals surface area contributed by atoms with Gasteiger partial charge in [0, 0.05) is 11.4 Å². The van der Waals surface area contributed by atoms with Gasteiger partial charge in [-0.3, -0.25) is 14.4 Å². The Morgan fingerprint density at radius 3 is 2.60 bits per heavy atom. The average molecular weight is 380 g/mol. The maximum absolute atomic E-state index is 11.9. The summed E-state index contributed by atoms with van der Waals surface area (Å²) in [5.41, 5.74) is 0.783. The molecule has 0 aliphatic rings. The number of hydrogen-bond donors (Lipinski definition) is 1. The summed E-state index contributed by atoms with van der Waals surface area (Å²) in [6.07, 6.45) is 0.0150. The van der Waals surface area contributed by atoms with Crippen LogP contribution >= 0.6 is 22.9 Å². The molecule has 0 saturated heterocycles. The molecule has 2 aromatic rings. The van der Waals surface area contributed by atoms with E-state index in [4.69, 9.17) is 16.3 Å². The number of amides is 1.